The number of hydrogen-bond acceptors (Lipinski definition) is 3. The van der Waals surface area contributed by atoms with Crippen LogP contribution in [0.25, 0.3) is 0 Å². The summed E-state index contributed by atoms with van der Waals surface area (Å²) in [4.78, 5) is 1.25. The number of aliphatic hydroxyl groups excluding tert-OH is 1. The van der Waals surface area contributed by atoms with Gasteiger partial charge in [0.1, 0.15) is 0 Å². The monoisotopic (exact) mass is 238 g/mol. The van der Waals surface area contributed by atoms with Crippen molar-refractivity contribution in [3.05, 3.63) is 29.8 Å². The molecule has 0 bridgehead atoms. The first kappa shape index (κ1) is 12.0. The van der Waals surface area contributed by atoms with E-state index >= 15 is 0 Å². The molecule has 1 aromatic rings. The van der Waals surface area contributed by atoms with E-state index in [1.54, 1.807) is 6.92 Å². The molecule has 1 heterocycles. The van der Waals surface area contributed by atoms with Gasteiger partial charge in [0.25, 0.3) is 0 Å². The fourth-order valence-corrected chi connectivity index (χ4v) is 2.78. The predicted molar refractivity (Wildman–Crippen MR) is 66.8 cm³/mol. The number of aliphatic hydroxyl groups is 1. The molecule has 0 saturated carbocycles. The van der Waals surface area contributed by atoms with Crippen LogP contribution in [0.15, 0.2) is 29.2 Å². The maximum absolute atomic E-state index is 9.39. The SMILES string of the molecule is C[C@@H](O)c1ccc(SCC2CCCO2)cc1. The van der Waals surface area contributed by atoms with Crippen LogP contribution in [0.3, 0.4) is 0 Å². The lowest BCUT2D eigenvalue weighted by Crippen LogP contribution is -2.07. The molecule has 1 saturated heterocycles. The Hall–Kier alpha value is -0.510. The van der Waals surface area contributed by atoms with Crippen molar-refractivity contribution in [3.63, 3.8) is 0 Å². The maximum Gasteiger partial charge on any atom is 0.0761 e. The molecular weight excluding hydrogens is 220 g/mol. The van der Waals surface area contributed by atoms with E-state index in [1.807, 2.05) is 23.9 Å². The first-order valence-corrected chi connectivity index (χ1v) is 6.76. The number of thioether (sulfide) groups is 1. The molecule has 2 atom stereocenters. The fraction of sp³-hybridized carbons (Fsp3) is 0.538. The Labute approximate surface area is 101 Å². The third kappa shape index (κ3) is 3.24. The van der Waals surface area contributed by atoms with E-state index in [2.05, 4.69) is 12.1 Å². The molecule has 1 aliphatic heterocycles. The number of hydrogen-bond donors (Lipinski definition) is 1. The van der Waals surface area contributed by atoms with E-state index in [1.165, 1.54) is 17.7 Å². The minimum Gasteiger partial charge on any atom is -0.389 e. The molecule has 0 aliphatic carbocycles. The van der Waals surface area contributed by atoms with Crippen LogP contribution in [0.4, 0.5) is 0 Å². The second-order valence-electron chi connectivity index (χ2n) is 4.19. The van der Waals surface area contributed by atoms with E-state index in [9.17, 15) is 5.11 Å². The van der Waals surface area contributed by atoms with Crippen LogP contribution < -0.4 is 0 Å². The summed E-state index contributed by atoms with van der Waals surface area (Å²) in [5.41, 5.74) is 0.974. The second-order valence-corrected chi connectivity index (χ2v) is 5.28. The van der Waals surface area contributed by atoms with E-state index < -0.39 is 0 Å². The van der Waals surface area contributed by atoms with Crippen molar-refractivity contribution >= 4 is 11.8 Å². The molecular formula is C13H18O2S. The van der Waals surface area contributed by atoms with Crippen LogP contribution in [0.5, 0.6) is 0 Å². The van der Waals surface area contributed by atoms with Gasteiger partial charge in [-0.3, -0.25) is 0 Å². The van der Waals surface area contributed by atoms with Crippen LogP contribution in [-0.4, -0.2) is 23.6 Å². The highest BCUT2D eigenvalue weighted by Gasteiger charge is 2.15. The molecule has 2 nitrogen and oxygen atoms in total. The summed E-state index contributed by atoms with van der Waals surface area (Å²) >= 11 is 1.83. The molecule has 0 spiro atoms. The molecule has 3 heteroatoms. The van der Waals surface area contributed by atoms with Crippen LogP contribution in [0.2, 0.25) is 0 Å². The normalized spacial score (nSPS) is 22.2. The highest BCUT2D eigenvalue weighted by atomic mass is 32.2. The average molecular weight is 238 g/mol. The van der Waals surface area contributed by atoms with Gasteiger partial charge in [-0.05, 0) is 37.5 Å². The van der Waals surface area contributed by atoms with Crippen LogP contribution in [0.1, 0.15) is 31.4 Å². The Morgan fingerprint density at radius 3 is 2.75 bits per heavy atom. The summed E-state index contributed by atoms with van der Waals surface area (Å²) in [5.74, 6) is 1.04. The lowest BCUT2D eigenvalue weighted by atomic mass is 10.1. The molecule has 0 amide bonds. The van der Waals surface area contributed by atoms with Gasteiger partial charge >= 0.3 is 0 Å². The van der Waals surface area contributed by atoms with Crippen molar-refractivity contribution < 1.29 is 9.84 Å². The van der Waals surface area contributed by atoms with Gasteiger partial charge in [-0.25, -0.2) is 0 Å². The second kappa shape index (κ2) is 5.71. The van der Waals surface area contributed by atoms with Gasteiger partial charge in [0.2, 0.25) is 0 Å². The lowest BCUT2D eigenvalue weighted by molar-refractivity contribution is 0.129. The topological polar surface area (TPSA) is 29.5 Å². The molecule has 2 rings (SSSR count). The van der Waals surface area contributed by atoms with Crippen LogP contribution in [0, 0.1) is 0 Å². The average Bonchev–Trinajstić information content (AvgIpc) is 2.80. The summed E-state index contributed by atoms with van der Waals surface area (Å²) < 4.78 is 5.58. The third-order valence-electron chi connectivity index (χ3n) is 2.82. The van der Waals surface area contributed by atoms with E-state index in [4.69, 9.17) is 4.74 Å². The van der Waals surface area contributed by atoms with Gasteiger partial charge in [-0.15, -0.1) is 11.8 Å². The predicted octanol–water partition coefficient (Wildman–Crippen LogP) is 3.01. The summed E-state index contributed by atoms with van der Waals surface area (Å²) in [6.07, 6.45) is 2.45. The molecule has 1 fully saturated rings. The summed E-state index contributed by atoms with van der Waals surface area (Å²) in [5, 5.41) is 9.39. The summed E-state index contributed by atoms with van der Waals surface area (Å²) in [6.45, 7) is 2.71. The largest absolute Gasteiger partial charge is 0.389 e. The quantitative estimate of drug-likeness (QED) is 0.818. The van der Waals surface area contributed by atoms with Crippen molar-refractivity contribution in [2.45, 2.75) is 36.9 Å². The standard InChI is InChI=1S/C13H18O2S/c1-10(14)11-4-6-13(7-5-11)16-9-12-3-2-8-15-12/h4-7,10,12,14H,2-3,8-9H2,1H3/t10-,12?/m1/s1. The number of benzene rings is 1. The lowest BCUT2D eigenvalue weighted by Gasteiger charge is -2.09. The summed E-state index contributed by atoms with van der Waals surface area (Å²) in [7, 11) is 0. The van der Waals surface area contributed by atoms with E-state index in [0.29, 0.717) is 6.10 Å². The minimum absolute atomic E-state index is 0.378. The van der Waals surface area contributed by atoms with Crippen molar-refractivity contribution in [1.29, 1.82) is 0 Å². The highest BCUT2D eigenvalue weighted by molar-refractivity contribution is 7.99. The molecule has 1 aromatic carbocycles. The molecule has 1 unspecified atom stereocenters. The Balaban J connectivity index is 1.84. The van der Waals surface area contributed by atoms with Gasteiger partial charge in [-0.2, -0.15) is 0 Å². The van der Waals surface area contributed by atoms with Crippen molar-refractivity contribution in [3.8, 4) is 0 Å². The Kier molecular flexibility index (Phi) is 4.27. The first-order chi connectivity index (χ1) is 7.75. The zero-order chi connectivity index (χ0) is 11.4. The van der Waals surface area contributed by atoms with Crippen LogP contribution >= 0.6 is 11.8 Å². The molecule has 1 aliphatic rings. The molecule has 1 N–H and O–H groups in total. The van der Waals surface area contributed by atoms with Gasteiger partial charge in [-0.1, -0.05) is 12.1 Å². The van der Waals surface area contributed by atoms with Gasteiger partial charge < -0.3 is 9.84 Å². The third-order valence-corrected chi connectivity index (χ3v) is 3.97. The maximum atomic E-state index is 9.39. The zero-order valence-corrected chi connectivity index (χ0v) is 10.4. The van der Waals surface area contributed by atoms with Crippen molar-refractivity contribution in [1.82, 2.24) is 0 Å². The van der Waals surface area contributed by atoms with Crippen molar-refractivity contribution in [2.24, 2.45) is 0 Å². The Morgan fingerprint density at radius 1 is 1.44 bits per heavy atom. The number of ether oxygens (including phenoxy) is 1. The highest BCUT2D eigenvalue weighted by Crippen LogP contribution is 2.25. The zero-order valence-electron chi connectivity index (χ0n) is 9.56. The molecule has 0 aromatic heterocycles. The first-order valence-electron chi connectivity index (χ1n) is 5.78. The van der Waals surface area contributed by atoms with Gasteiger partial charge in [0, 0.05) is 17.3 Å². The van der Waals surface area contributed by atoms with Crippen LogP contribution in [-0.2, 0) is 4.74 Å². The fourth-order valence-electron chi connectivity index (χ4n) is 1.81. The summed E-state index contributed by atoms with van der Waals surface area (Å²) in [6, 6.07) is 8.12. The Morgan fingerprint density at radius 2 is 2.19 bits per heavy atom. The van der Waals surface area contributed by atoms with E-state index in [0.717, 1.165) is 17.9 Å². The van der Waals surface area contributed by atoms with Gasteiger partial charge in [0.15, 0.2) is 0 Å². The van der Waals surface area contributed by atoms with E-state index in [-0.39, 0.29) is 6.10 Å². The smallest absolute Gasteiger partial charge is 0.0761 e. The minimum atomic E-state index is -0.378. The number of rotatable bonds is 4. The van der Waals surface area contributed by atoms with Crippen molar-refractivity contribution in [2.75, 3.05) is 12.4 Å². The Bertz CT molecular complexity index is 315. The molecule has 0 radical (unpaired) electrons. The van der Waals surface area contributed by atoms with Gasteiger partial charge in [0.05, 0.1) is 12.2 Å². The molecule has 88 valence electrons. The molecule has 16 heavy (non-hydrogen) atoms.